The summed E-state index contributed by atoms with van der Waals surface area (Å²) in [6.07, 6.45) is 2.77. The number of carbonyl (C=O) groups excluding carboxylic acids is 2. The summed E-state index contributed by atoms with van der Waals surface area (Å²) in [4.78, 5) is 40.3. The number of nitrogens with one attached hydrogen (secondary N) is 1. The lowest BCUT2D eigenvalue weighted by Crippen LogP contribution is -2.49. The summed E-state index contributed by atoms with van der Waals surface area (Å²) in [5.41, 5.74) is 5.86. The van der Waals surface area contributed by atoms with Gasteiger partial charge < -0.3 is 25.6 Å². The van der Waals surface area contributed by atoms with Crippen LogP contribution in [0.2, 0.25) is 0 Å². The standard InChI is InChI=1S/C17H21N7O3/c1-2-27-17(26)24-9-7-23(8-10-24)13-11-20-15(18)14(22-13)16(25)21-12-5-3-4-6-19-12/h3-6,11H,2,7-10H2,1H3,(H2,18,20)(H,19,21,25). The molecule has 142 valence electrons. The maximum absolute atomic E-state index is 12.5. The number of anilines is 3. The molecule has 10 nitrogen and oxygen atoms in total. The van der Waals surface area contributed by atoms with Gasteiger partial charge in [-0.15, -0.1) is 0 Å². The van der Waals surface area contributed by atoms with Crippen LogP contribution in [0.25, 0.3) is 0 Å². The van der Waals surface area contributed by atoms with Gasteiger partial charge in [0, 0.05) is 32.4 Å². The number of piperazine rings is 1. The zero-order valence-electron chi connectivity index (χ0n) is 15.0. The van der Waals surface area contributed by atoms with Crippen molar-refractivity contribution in [3.05, 3.63) is 36.3 Å². The van der Waals surface area contributed by atoms with Crippen molar-refractivity contribution in [1.82, 2.24) is 19.9 Å². The Morgan fingerprint density at radius 1 is 1.22 bits per heavy atom. The van der Waals surface area contributed by atoms with Crippen LogP contribution in [-0.4, -0.2) is 64.6 Å². The predicted octanol–water partition coefficient (Wildman–Crippen LogP) is 0.985. The van der Waals surface area contributed by atoms with E-state index in [1.165, 1.54) is 6.20 Å². The Morgan fingerprint density at radius 3 is 2.67 bits per heavy atom. The maximum Gasteiger partial charge on any atom is 0.409 e. The first-order chi connectivity index (χ1) is 13.1. The van der Waals surface area contributed by atoms with E-state index in [0.717, 1.165) is 0 Å². The second-order valence-corrected chi connectivity index (χ2v) is 5.80. The molecule has 0 spiro atoms. The molecule has 0 aliphatic carbocycles. The Bertz CT molecular complexity index is 807. The molecule has 1 aliphatic heterocycles. The van der Waals surface area contributed by atoms with Crippen molar-refractivity contribution in [2.24, 2.45) is 0 Å². The zero-order chi connectivity index (χ0) is 19.2. The van der Waals surface area contributed by atoms with Crippen LogP contribution in [0.4, 0.5) is 22.2 Å². The molecule has 1 aliphatic rings. The first kappa shape index (κ1) is 18.4. The van der Waals surface area contributed by atoms with Crippen molar-refractivity contribution in [1.29, 1.82) is 0 Å². The minimum atomic E-state index is -0.481. The highest BCUT2D eigenvalue weighted by atomic mass is 16.6. The van der Waals surface area contributed by atoms with E-state index in [0.29, 0.717) is 44.4 Å². The third kappa shape index (κ3) is 4.40. The number of nitrogens with two attached hydrogens (primary N) is 1. The lowest BCUT2D eigenvalue weighted by molar-refractivity contribution is 0.102. The normalized spacial score (nSPS) is 14.0. The van der Waals surface area contributed by atoms with Gasteiger partial charge in [-0.25, -0.2) is 19.7 Å². The van der Waals surface area contributed by atoms with Crippen LogP contribution >= 0.6 is 0 Å². The molecule has 1 saturated heterocycles. The number of carbonyl (C=O) groups is 2. The predicted molar refractivity (Wildman–Crippen MR) is 99.4 cm³/mol. The summed E-state index contributed by atoms with van der Waals surface area (Å²) in [6.45, 7) is 4.23. The highest BCUT2D eigenvalue weighted by Gasteiger charge is 2.24. The second-order valence-electron chi connectivity index (χ2n) is 5.80. The minimum absolute atomic E-state index is 0.0333. The van der Waals surface area contributed by atoms with E-state index in [1.807, 2.05) is 4.90 Å². The first-order valence-electron chi connectivity index (χ1n) is 8.60. The lowest BCUT2D eigenvalue weighted by Gasteiger charge is -2.34. The number of nitrogen functional groups attached to an aromatic ring is 1. The van der Waals surface area contributed by atoms with Crippen molar-refractivity contribution in [2.45, 2.75) is 6.92 Å². The number of aromatic nitrogens is 3. The van der Waals surface area contributed by atoms with E-state index in [4.69, 9.17) is 10.5 Å². The van der Waals surface area contributed by atoms with Gasteiger partial charge in [-0.05, 0) is 19.1 Å². The van der Waals surface area contributed by atoms with Gasteiger partial charge in [0.05, 0.1) is 12.8 Å². The van der Waals surface area contributed by atoms with Crippen LogP contribution in [0, 0.1) is 0 Å². The van der Waals surface area contributed by atoms with Gasteiger partial charge in [0.15, 0.2) is 11.5 Å². The number of ether oxygens (including phenoxy) is 1. The van der Waals surface area contributed by atoms with Crippen LogP contribution in [0.5, 0.6) is 0 Å². The van der Waals surface area contributed by atoms with Crippen molar-refractivity contribution in [2.75, 3.05) is 48.7 Å². The van der Waals surface area contributed by atoms with E-state index in [1.54, 1.807) is 36.2 Å². The molecular formula is C17H21N7O3. The molecule has 3 heterocycles. The molecule has 0 atom stereocenters. The van der Waals surface area contributed by atoms with Crippen LogP contribution in [0.1, 0.15) is 17.4 Å². The van der Waals surface area contributed by atoms with Gasteiger partial charge >= 0.3 is 6.09 Å². The Morgan fingerprint density at radius 2 is 2.00 bits per heavy atom. The number of hydrogen-bond acceptors (Lipinski definition) is 8. The summed E-state index contributed by atoms with van der Waals surface area (Å²) < 4.78 is 5.01. The van der Waals surface area contributed by atoms with Gasteiger partial charge in [0.1, 0.15) is 11.6 Å². The van der Waals surface area contributed by atoms with Gasteiger partial charge in [0.25, 0.3) is 5.91 Å². The fourth-order valence-electron chi connectivity index (χ4n) is 2.65. The molecule has 10 heteroatoms. The number of hydrogen-bond donors (Lipinski definition) is 2. The van der Waals surface area contributed by atoms with E-state index in [-0.39, 0.29) is 17.6 Å². The molecule has 3 rings (SSSR count). The first-order valence-corrected chi connectivity index (χ1v) is 8.60. The Kier molecular flexibility index (Phi) is 5.64. The summed E-state index contributed by atoms with van der Waals surface area (Å²) in [6, 6.07) is 5.18. The fourth-order valence-corrected chi connectivity index (χ4v) is 2.65. The van der Waals surface area contributed by atoms with E-state index < -0.39 is 5.91 Å². The maximum atomic E-state index is 12.5. The number of amides is 2. The molecule has 2 amide bonds. The second kappa shape index (κ2) is 8.30. The summed E-state index contributed by atoms with van der Waals surface area (Å²) in [5.74, 6) is 0.485. The van der Waals surface area contributed by atoms with Crippen molar-refractivity contribution in [3.8, 4) is 0 Å². The van der Waals surface area contributed by atoms with E-state index >= 15 is 0 Å². The molecule has 0 radical (unpaired) electrons. The number of pyridine rings is 1. The summed E-state index contributed by atoms with van der Waals surface area (Å²) in [7, 11) is 0. The van der Waals surface area contributed by atoms with Gasteiger partial charge in [-0.3, -0.25) is 4.79 Å². The minimum Gasteiger partial charge on any atom is -0.450 e. The van der Waals surface area contributed by atoms with Crippen LogP contribution in [0.3, 0.4) is 0 Å². The topological polar surface area (TPSA) is 127 Å². The molecule has 1 fully saturated rings. The molecule has 0 bridgehead atoms. The van der Waals surface area contributed by atoms with Gasteiger partial charge in [-0.1, -0.05) is 6.07 Å². The van der Waals surface area contributed by atoms with Gasteiger partial charge in [-0.2, -0.15) is 0 Å². The monoisotopic (exact) mass is 371 g/mol. The van der Waals surface area contributed by atoms with Crippen LogP contribution in [0.15, 0.2) is 30.6 Å². The average molecular weight is 371 g/mol. The Hall–Kier alpha value is -3.43. The molecule has 2 aromatic rings. The molecule has 0 unspecified atom stereocenters. The van der Waals surface area contributed by atoms with Crippen molar-refractivity contribution < 1.29 is 14.3 Å². The molecule has 0 aromatic carbocycles. The SMILES string of the molecule is CCOC(=O)N1CCN(c2cnc(N)c(C(=O)Nc3ccccn3)n2)CC1. The third-order valence-corrected chi connectivity index (χ3v) is 4.04. The third-order valence-electron chi connectivity index (χ3n) is 4.04. The van der Waals surface area contributed by atoms with Gasteiger partial charge in [0.2, 0.25) is 0 Å². The highest BCUT2D eigenvalue weighted by molar-refractivity contribution is 6.05. The largest absolute Gasteiger partial charge is 0.450 e. The molecule has 27 heavy (non-hydrogen) atoms. The van der Waals surface area contributed by atoms with Crippen molar-refractivity contribution in [3.63, 3.8) is 0 Å². The molecule has 0 saturated carbocycles. The number of nitrogens with zero attached hydrogens (tertiary/aromatic N) is 5. The zero-order valence-corrected chi connectivity index (χ0v) is 15.0. The molecule has 2 aromatic heterocycles. The summed E-state index contributed by atoms with van der Waals surface area (Å²) >= 11 is 0. The smallest absolute Gasteiger partial charge is 0.409 e. The fraction of sp³-hybridized carbons (Fsp3) is 0.353. The lowest BCUT2D eigenvalue weighted by atomic mass is 10.3. The average Bonchev–Trinajstić information content (AvgIpc) is 2.69. The van der Waals surface area contributed by atoms with Crippen LogP contribution in [-0.2, 0) is 4.74 Å². The van der Waals surface area contributed by atoms with E-state index in [9.17, 15) is 9.59 Å². The summed E-state index contributed by atoms with van der Waals surface area (Å²) in [5, 5.41) is 2.64. The number of rotatable bonds is 4. The Labute approximate surface area is 156 Å². The molecule has 3 N–H and O–H groups in total. The van der Waals surface area contributed by atoms with Crippen molar-refractivity contribution >= 4 is 29.5 Å². The quantitative estimate of drug-likeness (QED) is 0.814. The molecular weight excluding hydrogens is 350 g/mol. The van der Waals surface area contributed by atoms with Crippen LogP contribution < -0.4 is 16.0 Å². The van der Waals surface area contributed by atoms with E-state index in [2.05, 4.69) is 20.3 Å². The highest BCUT2D eigenvalue weighted by Crippen LogP contribution is 2.17. The Balaban J connectivity index is 1.69.